The molecule has 1 fully saturated rings. The van der Waals surface area contributed by atoms with Gasteiger partial charge in [0.15, 0.2) is 0 Å². The van der Waals surface area contributed by atoms with Crippen LogP contribution in [0.1, 0.15) is 38.6 Å². The zero-order valence-electron chi connectivity index (χ0n) is 10.9. The van der Waals surface area contributed by atoms with Crippen LogP contribution < -0.4 is 5.73 Å². The number of hydrogen-bond acceptors (Lipinski definition) is 4. The molecule has 1 aliphatic heterocycles. The molecule has 1 aromatic rings. The van der Waals surface area contributed by atoms with Gasteiger partial charge in [-0.25, -0.2) is 4.79 Å². The van der Waals surface area contributed by atoms with Crippen LogP contribution in [0, 0.1) is 5.92 Å². The monoisotopic (exact) mass is 296 g/mol. The molecule has 2 heterocycles. The Morgan fingerprint density at radius 3 is 2.35 bits per heavy atom. The van der Waals surface area contributed by atoms with E-state index in [0.717, 1.165) is 24.2 Å². The molecule has 6 nitrogen and oxygen atoms in total. The molecule has 0 spiro atoms. The Hall–Kier alpha value is -1.89. The van der Waals surface area contributed by atoms with Gasteiger partial charge in [-0.3, -0.25) is 9.59 Å². The van der Waals surface area contributed by atoms with Gasteiger partial charge in [-0.1, -0.05) is 0 Å². The number of amides is 2. The van der Waals surface area contributed by atoms with E-state index in [1.54, 1.807) is 11.0 Å². The first-order valence-corrected chi connectivity index (χ1v) is 7.19. The van der Waals surface area contributed by atoms with Crippen molar-refractivity contribution in [2.75, 3.05) is 13.1 Å². The van der Waals surface area contributed by atoms with Crippen LogP contribution in [0.3, 0.4) is 0 Å². The molecule has 0 aromatic carbocycles. The summed E-state index contributed by atoms with van der Waals surface area (Å²) in [5.74, 6) is -1.22. The lowest BCUT2D eigenvalue weighted by Crippen LogP contribution is -2.39. The fraction of sp³-hybridized carbons (Fsp3) is 0.462. The molecule has 3 N–H and O–H groups in total. The molecular weight excluding hydrogens is 280 g/mol. The summed E-state index contributed by atoms with van der Waals surface area (Å²) >= 11 is 0.989. The number of piperidine rings is 1. The van der Waals surface area contributed by atoms with Crippen molar-refractivity contribution in [2.24, 2.45) is 11.7 Å². The standard InChI is InChI=1S/C13H16N2O4S/c14-11(16)7-8-3-5-15(6-4-8)12(17)9-1-2-10(20-9)13(18)19/h1-2,8H,3-7H2,(H2,14,16)(H,18,19). The first-order chi connectivity index (χ1) is 9.47. The summed E-state index contributed by atoms with van der Waals surface area (Å²) in [6.07, 6.45) is 1.88. The number of rotatable bonds is 4. The molecule has 2 amide bonds. The maximum absolute atomic E-state index is 12.2. The van der Waals surface area contributed by atoms with E-state index in [0.29, 0.717) is 24.4 Å². The maximum Gasteiger partial charge on any atom is 0.345 e. The van der Waals surface area contributed by atoms with Crippen LogP contribution in [-0.2, 0) is 4.79 Å². The molecule has 2 rings (SSSR count). The number of primary amides is 1. The summed E-state index contributed by atoms with van der Waals surface area (Å²) < 4.78 is 0. The van der Waals surface area contributed by atoms with Crippen LogP contribution in [0.15, 0.2) is 12.1 Å². The van der Waals surface area contributed by atoms with E-state index in [2.05, 4.69) is 0 Å². The van der Waals surface area contributed by atoms with Crippen LogP contribution in [0.4, 0.5) is 0 Å². The summed E-state index contributed by atoms with van der Waals surface area (Å²) in [6.45, 7) is 1.16. The van der Waals surface area contributed by atoms with Crippen molar-refractivity contribution in [1.82, 2.24) is 4.90 Å². The van der Waals surface area contributed by atoms with Crippen molar-refractivity contribution < 1.29 is 19.5 Å². The van der Waals surface area contributed by atoms with E-state index in [-0.39, 0.29) is 22.6 Å². The molecule has 1 aromatic heterocycles. The smallest absolute Gasteiger partial charge is 0.345 e. The van der Waals surface area contributed by atoms with E-state index < -0.39 is 5.97 Å². The van der Waals surface area contributed by atoms with Gasteiger partial charge in [0.1, 0.15) is 4.88 Å². The molecule has 7 heteroatoms. The highest BCUT2D eigenvalue weighted by molar-refractivity contribution is 7.15. The van der Waals surface area contributed by atoms with E-state index in [1.165, 1.54) is 6.07 Å². The Kier molecular flexibility index (Phi) is 4.39. The van der Waals surface area contributed by atoms with Crippen molar-refractivity contribution in [1.29, 1.82) is 0 Å². The molecule has 108 valence electrons. The SMILES string of the molecule is NC(=O)CC1CCN(C(=O)c2ccc(C(=O)O)s2)CC1. The number of aromatic carboxylic acids is 1. The van der Waals surface area contributed by atoms with Crippen molar-refractivity contribution in [3.63, 3.8) is 0 Å². The summed E-state index contributed by atoms with van der Waals surface area (Å²) in [7, 11) is 0. The minimum Gasteiger partial charge on any atom is -0.477 e. The van der Waals surface area contributed by atoms with Gasteiger partial charge in [0.2, 0.25) is 5.91 Å². The van der Waals surface area contributed by atoms with Gasteiger partial charge in [0.25, 0.3) is 5.91 Å². The summed E-state index contributed by atoms with van der Waals surface area (Å²) in [5.41, 5.74) is 5.17. The van der Waals surface area contributed by atoms with E-state index in [4.69, 9.17) is 10.8 Å². The molecular formula is C13H16N2O4S. The van der Waals surface area contributed by atoms with Gasteiger partial charge >= 0.3 is 5.97 Å². The number of carbonyl (C=O) groups excluding carboxylic acids is 2. The number of carboxylic acid groups (broad SMARTS) is 1. The summed E-state index contributed by atoms with van der Waals surface area (Å²) in [4.78, 5) is 36.2. The Morgan fingerprint density at radius 1 is 1.25 bits per heavy atom. The topological polar surface area (TPSA) is 101 Å². The molecule has 0 atom stereocenters. The zero-order chi connectivity index (χ0) is 14.7. The molecule has 0 saturated carbocycles. The number of carbonyl (C=O) groups is 3. The van der Waals surface area contributed by atoms with Gasteiger partial charge in [-0.05, 0) is 30.9 Å². The van der Waals surface area contributed by atoms with Crippen LogP contribution in [0.25, 0.3) is 0 Å². The minimum atomic E-state index is -1.02. The summed E-state index contributed by atoms with van der Waals surface area (Å²) in [6, 6.07) is 2.99. The normalized spacial score (nSPS) is 16.1. The third-order valence-electron chi connectivity index (χ3n) is 3.42. The average Bonchev–Trinajstić information content (AvgIpc) is 2.88. The lowest BCUT2D eigenvalue weighted by Gasteiger charge is -2.31. The Balaban J connectivity index is 1.94. The summed E-state index contributed by atoms with van der Waals surface area (Å²) in [5, 5.41) is 8.85. The van der Waals surface area contributed by atoms with Crippen molar-refractivity contribution in [3.8, 4) is 0 Å². The van der Waals surface area contributed by atoms with E-state index >= 15 is 0 Å². The van der Waals surface area contributed by atoms with Crippen LogP contribution in [-0.4, -0.2) is 40.9 Å². The van der Waals surface area contributed by atoms with Crippen LogP contribution in [0.5, 0.6) is 0 Å². The number of nitrogens with two attached hydrogens (primary N) is 1. The third-order valence-corrected chi connectivity index (χ3v) is 4.48. The first kappa shape index (κ1) is 14.5. The average molecular weight is 296 g/mol. The van der Waals surface area contributed by atoms with E-state index in [9.17, 15) is 14.4 Å². The highest BCUT2D eigenvalue weighted by Gasteiger charge is 2.25. The number of carboxylic acids is 1. The molecule has 0 bridgehead atoms. The number of thiophene rings is 1. The van der Waals surface area contributed by atoms with E-state index in [1.807, 2.05) is 0 Å². The lowest BCUT2D eigenvalue weighted by atomic mass is 9.93. The first-order valence-electron chi connectivity index (χ1n) is 6.38. The van der Waals surface area contributed by atoms with Crippen molar-refractivity contribution in [2.45, 2.75) is 19.3 Å². The Bertz CT molecular complexity index is 532. The van der Waals surface area contributed by atoms with Gasteiger partial charge in [-0.2, -0.15) is 0 Å². The Labute approximate surface area is 120 Å². The Morgan fingerprint density at radius 2 is 1.85 bits per heavy atom. The van der Waals surface area contributed by atoms with Crippen LogP contribution in [0.2, 0.25) is 0 Å². The largest absolute Gasteiger partial charge is 0.477 e. The van der Waals surface area contributed by atoms with Crippen LogP contribution >= 0.6 is 11.3 Å². The van der Waals surface area contributed by atoms with Gasteiger partial charge < -0.3 is 15.7 Å². The fourth-order valence-electron chi connectivity index (χ4n) is 2.35. The minimum absolute atomic E-state index is 0.139. The highest BCUT2D eigenvalue weighted by atomic mass is 32.1. The third kappa shape index (κ3) is 3.36. The quantitative estimate of drug-likeness (QED) is 0.871. The molecule has 1 saturated heterocycles. The molecule has 1 aliphatic rings. The second-order valence-corrected chi connectivity index (χ2v) is 5.96. The predicted molar refractivity (Wildman–Crippen MR) is 73.7 cm³/mol. The van der Waals surface area contributed by atoms with Gasteiger partial charge in [0, 0.05) is 19.5 Å². The fourth-order valence-corrected chi connectivity index (χ4v) is 3.16. The lowest BCUT2D eigenvalue weighted by molar-refractivity contribution is -0.119. The number of nitrogens with zero attached hydrogens (tertiary/aromatic N) is 1. The second-order valence-electron chi connectivity index (χ2n) is 4.88. The van der Waals surface area contributed by atoms with Gasteiger partial charge in [-0.15, -0.1) is 11.3 Å². The highest BCUT2D eigenvalue weighted by Crippen LogP contribution is 2.24. The van der Waals surface area contributed by atoms with Crippen molar-refractivity contribution in [3.05, 3.63) is 21.9 Å². The molecule has 0 aliphatic carbocycles. The zero-order valence-corrected chi connectivity index (χ0v) is 11.7. The second kappa shape index (κ2) is 6.04. The van der Waals surface area contributed by atoms with Crippen molar-refractivity contribution >= 4 is 29.1 Å². The number of likely N-dealkylation sites (tertiary alicyclic amines) is 1. The van der Waals surface area contributed by atoms with Gasteiger partial charge in [0.05, 0.1) is 4.88 Å². The predicted octanol–water partition coefficient (Wildman–Crippen LogP) is 1.17. The molecule has 0 radical (unpaired) electrons. The molecule has 0 unspecified atom stereocenters. The molecule has 20 heavy (non-hydrogen) atoms. The maximum atomic E-state index is 12.2. The number of hydrogen-bond donors (Lipinski definition) is 2.